The van der Waals surface area contributed by atoms with E-state index >= 15 is 0 Å². The first kappa shape index (κ1) is 35.0. The third kappa shape index (κ3) is 6.02. The highest BCUT2D eigenvalue weighted by molar-refractivity contribution is 6.32. The van der Waals surface area contributed by atoms with Crippen LogP contribution in [0.1, 0.15) is 0 Å². The van der Waals surface area contributed by atoms with E-state index in [1.807, 2.05) is 6.07 Å². The van der Waals surface area contributed by atoms with Gasteiger partial charge in [0.2, 0.25) is 0 Å². The molecule has 1 heterocycles. The highest BCUT2D eigenvalue weighted by Gasteiger charge is 2.22. The number of furan rings is 1. The van der Waals surface area contributed by atoms with Gasteiger partial charge in [-0.25, -0.2) is 0 Å². The second-order valence-electron chi connectivity index (χ2n) is 16.0. The first-order valence-corrected chi connectivity index (χ1v) is 21.0. The SMILES string of the molecule is c1ccc(-c2ccc(-c3cc(-c4ccc(-c5ccccc5)cc4)c4ccc5c(-c6cc7ccccc7o6)cc(-c6ccc(-c7ccccc7)cc6)c6ccc3c4c65)cc2)cc1. The fourth-order valence-corrected chi connectivity index (χ4v) is 9.45. The maximum absolute atomic E-state index is 6.69. The molecule has 12 aromatic rings. The van der Waals surface area contributed by atoms with Crippen LogP contribution in [-0.4, -0.2) is 0 Å². The highest BCUT2D eigenvalue weighted by Crippen LogP contribution is 2.49. The van der Waals surface area contributed by atoms with Gasteiger partial charge < -0.3 is 4.42 Å². The summed E-state index contributed by atoms with van der Waals surface area (Å²) in [4.78, 5) is 0. The Hall–Kier alpha value is -8.00. The monoisotopic (exact) mass is 774 g/mol. The topological polar surface area (TPSA) is 13.1 Å². The minimum absolute atomic E-state index is 0.870. The maximum Gasteiger partial charge on any atom is 0.136 e. The third-order valence-corrected chi connectivity index (χ3v) is 12.5. The van der Waals surface area contributed by atoms with Gasteiger partial charge >= 0.3 is 0 Å². The molecule has 0 aliphatic heterocycles. The Morgan fingerprint density at radius 2 is 0.541 bits per heavy atom. The smallest absolute Gasteiger partial charge is 0.136 e. The van der Waals surface area contributed by atoms with E-state index in [-0.39, 0.29) is 0 Å². The molecule has 0 aliphatic carbocycles. The van der Waals surface area contributed by atoms with E-state index in [1.54, 1.807) is 0 Å². The molecule has 0 amide bonds. The van der Waals surface area contributed by atoms with Crippen LogP contribution in [0.15, 0.2) is 235 Å². The van der Waals surface area contributed by atoms with E-state index in [4.69, 9.17) is 4.42 Å². The van der Waals surface area contributed by atoms with E-state index in [0.29, 0.717) is 0 Å². The molecule has 0 radical (unpaired) electrons. The van der Waals surface area contributed by atoms with Crippen LogP contribution in [0.2, 0.25) is 0 Å². The number of hydrogen-bond acceptors (Lipinski definition) is 1. The molecular weight excluding hydrogens is 737 g/mol. The fourth-order valence-electron chi connectivity index (χ4n) is 9.45. The molecule has 0 saturated carbocycles. The van der Waals surface area contributed by atoms with Crippen molar-refractivity contribution < 1.29 is 4.42 Å². The standard InChI is InChI=1S/C60H38O/c1-4-12-39(13-5-1)42-20-26-45(27-21-42)53-37-54(46-28-22-43(23-29-46)40-14-6-2-7-15-40)50-34-35-52-56(58-36-48-18-10-11-19-57(48)61-58)38-55(51-33-32-49(53)59(50)60(51)52)47-30-24-44(25-31-47)41-16-8-3-9-17-41/h1-38H. The number of hydrogen-bond donors (Lipinski definition) is 0. The van der Waals surface area contributed by atoms with Gasteiger partial charge in [0.15, 0.2) is 0 Å². The van der Waals surface area contributed by atoms with Crippen LogP contribution in [0.5, 0.6) is 0 Å². The van der Waals surface area contributed by atoms with E-state index < -0.39 is 0 Å². The summed E-state index contributed by atoms with van der Waals surface area (Å²) < 4.78 is 6.69. The summed E-state index contributed by atoms with van der Waals surface area (Å²) in [5.74, 6) is 0.870. The van der Waals surface area contributed by atoms with Crippen LogP contribution in [0.4, 0.5) is 0 Å². The van der Waals surface area contributed by atoms with Crippen molar-refractivity contribution in [1.82, 2.24) is 0 Å². The molecule has 1 nitrogen and oxygen atoms in total. The Morgan fingerprint density at radius 1 is 0.230 bits per heavy atom. The molecule has 0 aliphatic rings. The number of fused-ring (bicyclic) bond motifs is 1. The Morgan fingerprint density at radius 3 is 0.934 bits per heavy atom. The fraction of sp³-hybridized carbons (Fsp3) is 0. The van der Waals surface area contributed by atoms with Crippen LogP contribution < -0.4 is 0 Å². The van der Waals surface area contributed by atoms with Gasteiger partial charge in [-0.1, -0.05) is 206 Å². The molecule has 0 unspecified atom stereocenters. The lowest BCUT2D eigenvalue weighted by atomic mass is 9.82. The van der Waals surface area contributed by atoms with Crippen LogP contribution in [0, 0.1) is 0 Å². The summed E-state index contributed by atoms with van der Waals surface area (Å²) in [6.07, 6.45) is 0. The van der Waals surface area contributed by atoms with E-state index in [1.165, 1.54) is 99.1 Å². The molecule has 1 aromatic heterocycles. The second kappa shape index (κ2) is 14.4. The molecule has 0 fully saturated rings. The van der Waals surface area contributed by atoms with Crippen molar-refractivity contribution in [2.75, 3.05) is 0 Å². The van der Waals surface area contributed by atoms with Gasteiger partial charge in [0.1, 0.15) is 11.3 Å². The molecule has 12 rings (SSSR count). The Kier molecular flexibility index (Phi) is 8.25. The molecular formula is C60H38O. The molecule has 0 spiro atoms. The zero-order valence-electron chi connectivity index (χ0n) is 33.3. The third-order valence-electron chi connectivity index (χ3n) is 12.5. The summed E-state index contributed by atoms with van der Waals surface area (Å²) in [5.41, 5.74) is 16.4. The first-order chi connectivity index (χ1) is 30.2. The van der Waals surface area contributed by atoms with Crippen molar-refractivity contribution in [1.29, 1.82) is 0 Å². The van der Waals surface area contributed by atoms with Crippen LogP contribution in [0.25, 0.3) is 121 Å². The first-order valence-electron chi connectivity index (χ1n) is 21.0. The number of para-hydroxylation sites is 1. The van der Waals surface area contributed by atoms with Gasteiger partial charge in [-0.3, -0.25) is 0 Å². The molecule has 11 aromatic carbocycles. The van der Waals surface area contributed by atoms with E-state index in [9.17, 15) is 0 Å². The van der Waals surface area contributed by atoms with Crippen molar-refractivity contribution in [2.45, 2.75) is 0 Å². The van der Waals surface area contributed by atoms with E-state index in [2.05, 4.69) is 224 Å². The Bertz CT molecular complexity index is 3370. The average molecular weight is 775 g/mol. The summed E-state index contributed by atoms with van der Waals surface area (Å²) in [6, 6.07) is 83.7. The predicted molar refractivity (Wildman–Crippen MR) is 258 cm³/mol. The van der Waals surface area contributed by atoms with Gasteiger partial charge in [-0.15, -0.1) is 0 Å². The lowest BCUT2D eigenvalue weighted by Crippen LogP contribution is -1.94. The zero-order chi connectivity index (χ0) is 40.3. The molecule has 61 heavy (non-hydrogen) atoms. The van der Waals surface area contributed by atoms with Crippen molar-refractivity contribution in [3.8, 4) is 78.1 Å². The minimum atomic E-state index is 0.870. The van der Waals surface area contributed by atoms with Gasteiger partial charge in [-0.2, -0.15) is 0 Å². The molecule has 0 atom stereocenters. The highest BCUT2D eigenvalue weighted by atomic mass is 16.3. The summed E-state index contributed by atoms with van der Waals surface area (Å²) >= 11 is 0. The summed E-state index contributed by atoms with van der Waals surface area (Å²) in [7, 11) is 0. The van der Waals surface area contributed by atoms with Crippen molar-refractivity contribution in [2.24, 2.45) is 0 Å². The summed E-state index contributed by atoms with van der Waals surface area (Å²) in [6.45, 7) is 0. The largest absolute Gasteiger partial charge is 0.456 e. The average Bonchev–Trinajstić information content (AvgIpc) is 3.78. The molecule has 284 valence electrons. The predicted octanol–water partition coefficient (Wildman–Crippen LogP) is 17.0. The normalized spacial score (nSPS) is 11.6. The van der Waals surface area contributed by atoms with Crippen LogP contribution in [0.3, 0.4) is 0 Å². The lowest BCUT2D eigenvalue weighted by molar-refractivity contribution is 0.632. The number of benzene rings is 11. The zero-order valence-corrected chi connectivity index (χ0v) is 33.3. The molecule has 0 N–H and O–H groups in total. The van der Waals surface area contributed by atoms with Gasteiger partial charge in [0.05, 0.1) is 0 Å². The Labute approximate surface area is 354 Å². The lowest BCUT2D eigenvalue weighted by Gasteiger charge is -2.21. The quantitative estimate of drug-likeness (QED) is 0.147. The molecule has 0 bridgehead atoms. The minimum Gasteiger partial charge on any atom is -0.456 e. The summed E-state index contributed by atoms with van der Waals surface area (Å²) in [5, 5.41) is 8.48. The Balaban J connectivity index is 1.14. The maximum atomic E-state index is 6.69. The molecule has 0 saturated heterocycles. The second-order valence-corrected chi connectivity index (χ2v) is 16.0. The van der Waals surface area contributed by atoms with E-state index in [0.717, 1.165) is 22.3 Å². The van der Waals surface area contributed by atoms with Crippen molar-refractivity contribution in [3.63, 3.8) is 0 Å². The van der Waals surface area contributed by atoms with Crippen LogP contribution >= 0.6 is 0 Å². The van der Waals surface area contributed by atoms with Crippen LogP contribution in [-0.2, 0) is 0 Å². The van der Waals surface area contributed by atoms with Gasteiger partial charge in [-0.05, 0) is 123 Å². The van der Waals surface area contributed by atoms with Gasteiger partial charge in [0.25, 0.3) is 0 Å². The number of rotatable bonds is 7. The van der Waals surface area contributed by atoms with Gasteiger partial charge in [0, 0.05) is 10.9 Å². The molecule has 1 heteroatoms. The van der Waals surface area contributed by atoms with Crippen molar-refractivity contribution in [3.05, 3.63) is 231 Å². The van der Waals surface area contributed by atoms with Crippen molar-refractivity contribution >= 4 is 43.3 Å².